The van der Waals surface area contributed by atoms with Crippen LogP contribution in [-0.4, -0.2) is 15.0 Å². The van der Waals surface area contributed by atoms with E-state index in [1.807, 2.05) is 49.4 Å². The first-order chi connectivity index (χ1) is 9.81. The molecule has 1 aromatic carbocycles. The molecule has 0 aliphatic heterocycles. The van der Waals surface area contributed by atoms with Gasteiger partial charge in [-0.05, 0) is 36.8 Å². The molecule has 4 heteroatoms. The molecule has 0 aliphatic carbocycles. The van der Waals surface area contributed by atoms with Crippen LogP contribution in [0.2, 0.25) is 0 Å². The first-order valence-electron chi connectivity index (χ1n) is 6.29. The predicted molar refractivity (Wildman–Crippen MR) is 76.5 cm³/mol. The van der Waals surface area contributed by atoms with Crippen molar-refractivity contribution in [3.8, 4) is 22.9 Å². The second-order valence-corrected chi connectivity index (χ2v) is 4.36. The summed E-state index contributed by atoms with van der Waals surface area (Å²) < 4.78 is 5.56. The van der Waals surface area contributed by atoms with Gasteiger partial charge < -0.3 is 4.74 Å². The second-order valence-electron chi connectivity index (χ2n) is 4.36. The van der Waals surface area contributed by atoms with Gasteiger partial charge in [0.05, 0.1) is 0 Å². The van der Waals surface area contributed by atoms with Crippen molar-refractivity contribution in [1.82, 2.24) is 15.0 Å². The number of aryl methyl sites for hydroxylation is 1. The maximum absolute atomic E-state index is 5.56. The summed E-state index contributed by atoms with van der Waals surface area (Å²) in [7, 11) is 0. The largest absolute Gasteiger partial charge is 0.424 e. The molecule has 0 atom stereocenters. The van der Waals surface area contributed by atoms with Crippen molar-refractivity contribution < 1.29 is 4.74 Å². The summed E-state index contributed by atoms with van der Waals surface area (Å²) in [6, 6.07) is 13.7. The van der Waals surface area contributed by atoms with Crippen LogP contribution >= 0.6 is 0 Å². The molecule has 3 aromatic rings. The highest BCUT2D eigenvalue weighted by Gasteiger charge is 2.03. The molecule has 4 nitrogen and oxygen atoms in total. The Morgan fingerprint density at radius 3 is 2.30 bits per heavy atom. The third-order valence-corrected chi connectivity index (χ3v) is 2.81. The van der Waals surface area contributed by atoms with Gasteiger partial charge in [-0.15, -0.1) is 0 Å². The van der Waals surface area contributed by atoms with E-state index in [1.54, 1.807) is 18.6 Å². The standard InChI is InChI=1S/C16H13N3O/c1-12-9-13(7-8-17-12)14-10-18-16(19-11-14)20-15-5-3-2-4-6-15/h2-11H,1H3. The van der Waals surface area contributed by atoms with E-state index >= 15 is 0 Å². The molecule has 0 spiro atoms. The molecule has 98 valence electrons. The maximum Gasteiger partial charge on any atom is 0.321 e. The van der Waals surface area contributed by atoms with Gasteiger partial charge in [-0.3, -0.25) is 4.98 Å². The van der Waals surface area contributed by atoms with Gasteiger partial charge in [0.1, 0.15) is 5.75 Å². The number of aromatic nitrogens is 3. The molecule has 2 heterocycles. The molecular formula is C16H13N3O. The minimum Gasteiger partial charge on any atom is -0.424 e. The predicted octanol–water partition coefficient (Wildman–Crippen LogP) is 3.64. The molecule has 0 saturated heterocycles. The zero-order valence-electron chi connectivity index (χ0n) is 11.0. The Labute approximate surface area is 117 Å². The van der Waals surface area contributed by atoms with Crippen LogP contribution in [0.25, 0.3) is 11.1 Å². The van der Waals surface area contributed by atoms with Gasteiger partial charge in [-0.1, -0.05) is 18.2 Å². The SMILES string of the molecule is Cc1cc(-c2cnc(Oc3ccccc3)nc2)ccn1. The van der Waals surface area contributed by atoms with Crippen LogP contribution in [0.1, 0.15) is 5.69 Å². The van der Waals surface area contributed by atoms with Gasteiger partial charge in [0, 0.05) is 29.8 Å². The molecule has 0 unspecified atom stereocenters. The van der Waals surface area contributed by atoms with E-state index in [2.05, 4.69) is 15.0 Å². The Balaban J connectivity index is 1.81. The quantitative estimate of drug-likeness (QED) is 0.723. The molecule has 0 fully saturated rings. The summed E-state index contributed by atoms with van der Waals surface area (Å²) in [5, 5.41) is 0. The molecule has 0 radical (unpaired) electrons. The minimum atomic E-state index is 0.339. The van der Waals surface area contributed by atoms with Crippen LogP contribution in [0, 0.1) is 6.92 Å². The zero-order valence-corrected chi connectivity index (χ0v) is 11.0. The van der Waals surface area contributed by atoms with Gasteiger partial charge in [0.25, 0.3) is 0 Å². The number of nitrogens with zero attached hydrogens (tertiary/aromatic N) is 3. The highest BCUT2D eigenvalue weighted by molar-refractivity contribution is 5.61. The number of hydrogen-bond donors (Lipinski definition) is 0. The van der Waals surface area contributed by atoms with E-state index in [9.17, 15) is 0 Å². The summed E-state index contributed by atoms with van der Waals surface area (Å²) in [5.74, 6) is 0.722. The fraction of sp³-hybridized carbons (Fsp3) is 0.0625. The maximum atomic E-state index is 5.56. The molecule has 0 N–H and O–H groups in total. The molecular weight excluding hydrogens is 250 g/mol. The Morgan fingerprint density at radius 1 is 0.850 bits per heavy atom. The van der Waals surface area contributed by atoms with Gasteiger partial charge in [-0.25, -0.2) is 9.97 Å². The summed E-state index contributed by atoms with van der Waals surface area (Å²) in [5.41, 5.74) is 2.95. The Kier molecular flexibility index (Phi) is 3.37. The summed E-state index contributed by atoms with van der Waals surface area (Å²) in [6.45, 7) is 1.96. The van der Waals surface area contributed by atoms with Crippen molar-refractivity contribution in [1.29, 1.82) is 0 Å². The van der Waals surface area contributed by atoms with Gasteiger partial charge in [0.15, 0.2) is 0 Å². The lowest BCUT2D eigenvalue weighted by molar-refractivity contribution is 0.442. The van der Waals surface area contributed by atoms with Crippen molar-refractivity contribution >= 4 is 0 Å². The minimum absolute atomic E-state index is 0.339. The Morgan fingerprint density at radius 2 is 1.60 bits per heavy atom. The monoisotopic (exact) mass is 263 g/mol. The van der Waals surface area contributed by atoms with E-state index in [0.29, 0.717) is 6.01 Å². The van der Waals surface area contributed by atoms with Crippen molar-refractivity contribution in [3.05, 3.63) is 66.7 Å². The first kappa shape index (κ1) is 12.3. The van der Waals surface area contributed by atoms with Crippen molar-refractivity contribution in [2.45, 2.75) is 6.92 Å². The average molecular weight is 263 g/mol. The lowest BCUT2D eigenvalue weighted by Gasteiger charge is -2.05. The zero-order chi connectivity index (χ0) is 13.8. The molecule has 0 bridgehead atoms. The summed E-state index contributed by atoms with van der Waals surface area (Å²) in [6.07, 6.45) is 5.28. The Hall–Kier alpha value is -2.75. The van der Waals surface area contributed by atoms with Crippen molar-refractivity contribution in [2.75, 3.05) is 0 Å². The molecule has 3 rings (SSSR count). The first-order valence-corrected chi connectivity index (χ1v) is 6.29. The van der Waals surface area contributed by atoms with Crippen LogP contribution in [-0.2, 0) is 0 Å². The van der Waals surface area contributed by atoms with Crippen LogP contribution in [0.4, 0.5) is 0 Å². The van der Waals surface area contributed by atoms with Crippen molar-refractivity contribution in [2.24, 2.45) is 0 Å². The van der Waals surface area contributed by atoms with Crippen LogP contribution < -0.4 is 4.74 Å². The number of ether oxygens (including phenoxy) is 1. The number of benzene rings is 1. The summed E-state index contributed by atoms with van der Waals surface area (Å²) in [4.78, 5) is 12.6. The molecule has 20 heavy (non-hydrogen) atoms. The normalized spacial score (nSPS) is 10.2. The smallest absolute Gasteiger partial charge is 0.321 e. The van der Waals surface area contributed by atoms with Crippen molar-refractivity contribution in [3.63, 3.8) is 0 Å². The van der Waals surface area contributed by atoms with E-state index in [4.69, 9.17) is 4.74 Å². The van der Waals surface area contributed by atoms with Gasteiger partial charge >= 0.3 is 6.01 Å². The highest BCUT2D eigenvalue weighted by atomic mass is 16.5. The second kappa shape index (κ2) is 5.48. The third-order valence-electron chi connectivity index (χ3n) is 2.81. The number of hydrogen-bond acceptors (Lipinski definition) is 4. The molecule has 0 aliphatic rings. The number of pyridine rings is 1. The fourth-order valence-corrected chi connectivity index (χ4v) is 1.84. The van der Waals surface area contributed by atoms with Gasteiger partial charge in [0.2, 0.25) is 0 Å². The Bertz CT molecular complexity index is 696. The van der Waals surface area contributed by atoms with Crippen LogP contribution in [0.5, 0.6) is 11.8 Å². The van der Waals surface area contributed by atoms with E-state index in [0.717, 1.165) is 22.6 Å². The lowest BCUT2D eigenvalue weighted by atomic mass is 10.1. The van der Waals surface area contributed by atoms with E-state index in [-0.39, 0.29) is 0 Å². The van der Waals surface area contributed by atoms with Crippen LogP contribution in [0.15, 0.2) is 61.1 Å². The van der Waals surface area contributed by atoms with Gasteiger partial charge in [-0.2, -0.15) is 0 Å². The van der Waals surface area contributed by atoms with Crippen LogP contribution in [0.3, 0.4) is 0 Å². The van der Waals surface area contributed by atoms with E-state index < -0.39 is 0 Å². The topological polar surface area (TPSA) is 47.9 Å². The third kappa shape index (κ3) is 2.80. The lowest BCUT2D eigenvalue weighted by Crippen LogP contribution is -1.92. The molecule has 2 aromatic heterocycles. The fourth-order valence-electron chi connectivity index (χ4n) is 1.84. The number of rotatable bonds is 3. The molecule has 0 saturated carbocycles. The molecule has 0 amide bonds. The highest BCUT2D eigenvalue weighted by Crippen LogP contribution is 2.21. The summed E-state index contributed by atoms with van der Waals surface area (Å²) >= 11 is 0. The average Bonchev–Trinajstić information content (AvgIpc) is 2.49. The van der Waals surface area contributed by atoms with E-state index in [1.165, 1.54) is 0 Å². The number of para-hydroxylation sites is 1.